The largest absolute Gasteiger partial charge is 0.311 e. The maximum Gasteiger partial charge on any atom is 0.0139 e. The van der Waals surface area contributed by atoms with Crippen LogP contribution < -0.4 is 5.32 Å². The fourth-order valence-electron chi connectivity index (χ4n) is 3.28. The highest BCUT2D eigenvalue weighted by Gasteiger charge is 2.48. The van der Waals surface area contributed by atoms with Gasteiger partial charge in [-0.15, -0.1) is 0 Å². The van der Waals surface area contributed by atoms with Crippen molar-refractivity contribution in [2.75, 3.05) is 0 Å². The van der Waals surface area contributed by atoms with Crippen LogP contribution in [-0.4, -0.2) is 12.1 Å². The molecule has 3 aliphatic rings. The van der Waals surface area contributed by atoms with Crippen molar-refractivity contribution in [3.05, 3.63) is 12.2 Å². The molecule has 13 heavy (non-hydrogen) atoms. The minimum Gasteiger partial charge on any atom is -0.311 e. The lowest BCUT2D eigenvalue weighted by Crippen LogP contribution is -2.54. The third-order valence-corrected chi connectivity index (χ3v) is 4.25. The Kier molecular flexibility index (Phi) is 1.76. The molecule has 0 aromatic carbocycles. The summed E-state index contributed by atoms with van der Waals surface area (Å²) in [5.74, 6) is 0. The minimum atomic E-state index is 0.780. The van der Waals surface area contributed by atoms with Crippen molar-refractivity contribution in [2.45, 2.75) is 57.0 Å². The maximum atomic E-state index is 3.78. The van der Waals surface area contributed by atoms with Gasteiger partial charge in [0.05, 0.1) is 0 Å². The van der Waals surface area contributed by atoms with E-state index in [2.05, 4.69) is 17.5 Å². The average Bonchev–Trinajstić information content (AvgIpc) is 2.43. The Labute approximate surface area is 80.6 Å². The summed E-state index contributed by atoms with van der Waals surface area (Å²) in [4.78, 5) is 0. The average molecular weight is 177 g/mol. The van der Waals surface area contributed by atoms with Gasteiger partial charge >= 0.3 is 0 Å². The topological polar surface area (TPSA) is 12.0 Å². The number of hydrogen-bond donors (Lipinski definition) is 1. The highest BCUT2D eigenvalue weighted by molar-refractivity contribution is 5.05. The lowest BCUT2D eigenvalue weighted by molar-refractivity contribution is -0.00562. The van der Waals surface area contributed by atoms with Crippen LogP contribution in [0.15, 0.2) is 12.2 Å². The smallest absolute Gasteiger partial charge is 0.0139 e. The normalized spacial score (nSPS) is 32.0. The van der Waals surface area contributed by atoms with Gasteiger partial charge in [0.25, 0.3) is 0 Å². The zero-order chi connectivity index (χ0) is 8.73. The molecule has 2 saturated carbocycles. The number of nitrogens with one attached hydrogen (secondary N) is 1. The Balaban J connectivity index is 1.44. The fraction of sp³-hybridized carbons (Fsp3) is 0.833. The summed E-state index contributed by atoms with van der Waals surface area (Å²) in [6.45, 7) is 0. The molecule has 1 spiro atoms. The summed E-state index contributed by atoms with van der Waals surface area (Å²) in [5, 5.41) is 3.78. The summed E-state index contributed by atoms with van der Waals surface area (Å²) in [5.41, 5.74) is 0.837. The van der Waals surface area contributed by atoms with Crippen LogP contribution in [0, 0.1) is 5.41 Å². The second kappa shape index (κ2) is 2.84. The molecule has 1 N–H and O–H groups in total. The molecule has 0 saturated heterocycles. The Morgan fingerprint density at radius 1 is 1.00 bits per heavy atom. The summed E-state index contributed by atoms with van der Waals surface area (Å²) in [6.07, 6.45) is 14.7. The standard InChI is InChI=1S/C12H19N/c1-2-5-10(4-1)13-11-8-12(9-11)6-3-7-12/h1-2,10-11,13H,3-9H2. The van der Waals surface area contributed by atoms with Gasteiger partial charge < -0.3 is 5.32 Å². The van der Waals surface area contributed by atoms with Crippen molar-refractivity contribution < 1.29 is 0 Å². The second-order valence-electron chi connectivity index (χ2n) is 5.27. The molecule has 0 aromatic heterocycles. The molecule has 0 unspecified atom stereocenters. The third-order valence-electron chi connectivity index (χ3n) is 4.25. The molecule has 0 radical (unpaired) electrons. The van der Waals surface area contributed by atoms with Crippen LogP contribution >= 0.6 is 0 Å². The van der Waals surface area contributed by atoms with E-state index in [9.17, 15) is 0 Å². The Bertz CT molecular complexity index is 211. The molecular formula is C12H19N. The summed E-state index contributed by atoms with van der Waals surface area (Å²) < 4.78 is 0. The molecular weight excluding hydrogens is 158 g/mol. The van der Waals surface area contributed by atoms with Crippen LogP contribution in [0.1, 0.15) is 44.9 Å². The SMILES string of the molecule is C1=CCC(NC2CC3(CCC3)C2)C1. The highest BCUT2D eigenvalue weighted by atomic mass is 15.0. The minimum absolute atomic E-state index is 0.780. The quantitative estimate of drug-likeness (QED) is 0.639. The third kappa shape index (κ3) is 1.34. The molecule has 72 valence electrons. The Hall–Kier alpha value is -0.300. The maximum absolute atomic E-state index is 3.78. The molecule has 3 rings (SSSR count). The van der Waals surface area contributed by atoms with E-state index >= 15 is 0 Å². The molecule has 0 bridgehead atoms. The van der Waals surface area contributed by atoms with Gasteiger partial charge in [-0.2, -0.15) is 0 Å². The van der Waals surface area contributed by atoms with Gasteiger partial charge in [0.2, 0.25) is 0 Å². The van der Waals surface area contributed by atoms with E-state index in [1.807, 2.05) is 0 Å². The zero-order valence-electron chi connectivity index (χ0n) is 8.26. The van der Waals surface area contributed by atoms with E-state index in [1.165, 1.54) is 44.9 Å². The van der Waals surface area contributed by atoms with Crippen molar-refractivity contribution in [1.29, 1.82) is 0 Å². The van der Waals surface area contributed by atoms with Gasteiger partial charge in [0.15, 0.2) is 0 Å². The van der Waals surface area contributed by atoms with Gasteiger partial charge in [-0.05, 0) is 43.9 Å². The summed E-state index contributed by atoms with van der Waals surface area (Å²) >= 11 is 0. The lowest BCUT2D eigenvalue weighted by atomic mass is 9.54. The predicted molar refractivity (Wildman–Crippen MR) is 54.6 cm³/mol. The van der Waals surface area contributed by atoms with Gasteiger partial charge in [-0.3, -0.25) is 0 Å². The van der Waals surface area contributed by atoms with Crippen molar-refractivity contribution in [1.82, 2.24) is 5.32 Å². The van der Waals surface area contributed by atoms with Crippen LogP contribution in [0.2, 0.25) is 0 Å². The van der Waals surface area contributed by atoms with Gasteiger partial charge in [-0.1, -0.05) is 18.6 Å². The van der Waals surface area contributed by atoms with E-state index in [0.717, 1.165) is 17.5 Å². The van der Waals surface area contributed by atoms with Crippen molar-refractivity contribution in [3.63, 3.8) is 0 Å². The first-order valence-corrected chi connectivity index (χ1v) is 5.77. The van der Waals surface area contributed by atoms with Crippen molar-refractivity contribution in [2.24, 2.45) is 5.41 Å². The monoisotopic (exact) mass is 177 g/mol. The van der Waals surface area contributed by atoms with Crippen LogP contribution in [0.5, 0.6) is 0 Å². The van der Waals surface area contributed by atoms with E-state index < -0.39 is 0 Å². The fourth-order valence-corrected chi connectivity index (χ4v) is 3.28. The first-order valence-electron chi connectivity index (χ1n) is 5.77. The number of hydrogen-bond acceptors (Lipinski definition) is 1. The van der Waals surface area contributed by atoms with Crippen molar-refractivity contribution >= 4 is 0 Å². The predicted octanol–water partition coefficient (Wildman–Crippen LogP) is 2.63. The molecule has 0 amide bonds. The number of rotatable bonds is 2. The molecule has 1 heteroatoms. The van der Waals surface area contributed by atoms with Gasteiger partial charge in [0.1, 0.15) is 0 Å². The van der Waals surface area contributed by atoms with Crippen LogP contribution in [0.3, 0.4) is 0 Å². The van der Waals surface area contributed by atoms with E-state index in [4.69, 9.17) is 0 Å². The second-order valence-corrected chi connectivity index (χ2v) is 5.27. The Morgan fingerprint density at radius 2 is 1.69 bits per heavy atom. The van der Waals surface area contributed by atoms with Crippen LogP contribution in [-0.2, 0) is 0 Å². The van der Waals surface area contributed by atoms with Crippen LogP contribution in [0.25, 0.3) is 0 Å². The summed E-state index contributed by atoms with van der Waals surface area (Å²) in [7, 11) is 0. The van der Waals surface area contributed by atoms with Crippen molar-refractivity contribution in [3.8, 4) is 0 Å². The van der Waals surface area contributed by atoms with Gasteiger partial charge in [-0.25, -0.2) is 0 Å². The van der Waals surface area contributed by atoms with Gasteiger partial charge in [0, 0.05) is 12.1 Å². The zero-order valence-corrected chi connectivity index (χ0v) is 8.26. The molecule has 0 aromatic rings. The lowest BCUT2D eigenvalue weighted by Gasteiger charge is -2.55. The van der Waals surface area contributed by atoms with Crippen LogP contribution in [0.4, 0.5) is 0 Å². The molecule has 2 fully saturated rings. The first-order chi connectivity index (χ1) is 6.36. The van der Waals surface area contributed by atoms with E-state index in [-0.39, 0.29) is 0 Å². The molecule has 0 atom stereocenters. The molecule has 0 aliphatic heterocycles. The van der Waals surface area contributed by atoms with E-state index in [1.54, 1.807) is 0 Å². The molecule has 1 nitrogen and oxygen atoms in total. The molecule has 3 aliphatic carbocycles. The summed E-state index contributed by atoms with van der Waals surface area (Å²) in [6, 6.07) is 1.65. The molecule has 0 heterocycles. The first kappa shape index (κ1) is 8.05. The van der Waals surface area contributed by atoms with E-state index in [0.29, 0.717) is 0 Å². The highest BCUT2D eigenvalue weighted by Crippen LogP contribution is 2.55. The Morgan fingerprint density at radius 3 is 2.23 bits per heavy atom.